The van der Waals surface area contributed by atoms with Crippen molar-refractivity contribution in [1.82, 2.24) is 0 Å². The Kier molecular flexibility index (Phi) is 1.66. The van der Waals surface area contributed by atoms with Crippen molar-refractivity contribution in [2.45, 2.75) is 6.92 Å². The minimum absolute atomic E-state index is 1.30. The summed E-state index contributed by atoms with van der Waals surface area (Å²) in [6.45, 7) is 2.06. The topological polar surface area (TPSA) is 0 Å². The Bertz CT molecular complexity index is 360. The average molecular weight is 161 g/mol. The van der Waals surface area contributed by atoms with E-state index in [1.807, 2.05) is 0 Å². The Balaban J connectivity index is 2.67. The highest BCUT2D eigenvalue weighted by atomic mass is 32.1. The second-order valence-corrected chi connectivity index (χ2v) is 3.45. The fraction of sp³-hybridized carbons (Fsp3) is 0.100. The van der Waals surface area contributed by atoms with Crippen molar-refractivity contribution in [1.29, 1.82) is 0 Å². The van der Waals surface area contributed by atoms with Gasteiger partial charge in [0.15, 0.2) is 0 Å². The lowest BCUT2D eigenvalue weighted by atomic mass is 10.1. The molecule has 0 N–H and O–H groups in total. The summed E-state index contributed by atoms with van der Waals surface area (Å²) >= 11 is 1.79. The Hall–Kier alpha value is -0.820. The first kappa shape index (κ1) is 6.86. The number of benzene rings is 1. The average Bonchev–Trinajstić information content (AvgIpc) is 2.50. The van der Waals surface area contributed by atoms with Gasteiger partial charge < -0.3 is 0 Å². The molecule has 55 valence electrons. The molecule has 0 bridgehead atoms. The molecule has 0 atom stereocenters. The third kappa shape index (κ3) is 1.16. The summed E-state index contributed by atoms with van der Waals surface area (Å²) in [5.41, 5.74) is 1.30. The lowest BCUT2D eigenvalue weighted by Gasteiger charge is -1.94. The van der Waals surface area contributed by atoms with E-state index in [4.69, 9.17) is 0 Å². The van der Waals surface area contributed by atoms with Crippen LogP contribution in [-0.2, 0) is 0 Å². The SMILES string of the molecule is C[CH]c1ccc2sccc2c1. The monoisotopic (exact) mass is 161 g/mol. The first-order chi connectivity index (χ1) is 5.40. The molecule has 2 aromatic rings. The zero-order chi connectivity index (χ0) is 7.68. The van der Waals surface area contributed by atoms with Crippen LogP contribution >= 0.6 is 11.3 Å². The van der Waals surface area contributed by atoms with Gasteiger partial charge in [-0.3, -0.25) is 0 Å². The van der Waals surface area contributed by atoms with E-state index in [1.54, 1.807) is 11.3 Å². The van der Waals surface area contributed by atoms with E-state index in [-0.39, 0.29) is 0 Å². The molecule has 0 aliphatic rings. The molecular weight excluding hydrogens is 152 g/mol. The van der Waals surface area contributed by atoms with Gasteiger partial charge in [0.2, 0.25) is 0 Å². The summed E-state index contributed by atoms with van der Waals surface area (Å²) in [5, 5.41) is 3.48. The van der Waals surface area contributed by atoms with Gasteiger partial charge in [0.1, 0.15) is 0 Å². The van der Waals surface area contributed by atoms with Crippen LogP contribution in [0.2, 0.25) is 0 Å². The smallest absolute Gasteiger partial charge is 0.0342 e. The van der Waals surface area contributed by atoms with Gasteiger partial charge in [0.05, 0.1) is 0 Å². The van der Waals surface area contributed by atoms with Crippen LogP contribution in [0.5, 0.6) is 0 Å². The highest BCUT2D eigenvalue weighted by molar-refractivity contribution is 7.17. The molecule has 1 heterocycles. The first-order valence-electron chi connectivity index (χ1n) is 3.67. The molecule has 1 aromatic carbocycles. The van der Waals surface area contributed by atoms with Crippen molar-refractivity contribution in [3.05, 3.63) is 41.6 Å². The molecule has 0 aliphatic carbocycles. The van der Waals surface area contributed by atoms with Crippen LogP contribution in [0, 0.1) is 6.42 Å². The number of hydrogen-bond donors (Lipinski definition) is 0. The standard InChI is InChI=1S/C10H9S/c1-2-8-3-4-10-9(7-8)5-6-11-10/h2-7H,1H3. The van der Waals surface area contributed by atoms with Crippen LogP contribution in [0.25, 0.3) is 10.1 Å². The Morgan fingerprint density at radius 2 is 2.18 bits per heavy atom. The van der Waals surface area contributed by atoms with E-state index in [1.165, 1.54) is 15.6 Å². The summed E-state index contributed by atoms with van der Waals surface area (Å²) in [6.07, 6.45) is 2.12. The van der Waals surface area contributed by atoms with Crippen molar-refractivity contribution in [3.8, 4) is 0 Å². The van der Waals surface area contributed by atoms with Gasteiger partial charge in [-0.25, -0.2) is 0 Å². The van der Waals surface area contributed by atoms with Gasteiger partial charge in [0.25, 0.3) is 0 Å². The quantitative estimate of drug-likeness (QED) is 0.600. The summed E-state index contributed by atoms with van der Waals surface area (Å²) < 4.78 is 1.37. The summed E-state index contributed by atoms with van der Waals surface area (Å²) in [5.74, 6) is 0. The molecule has 2 rings (SSSR count). The van der Waals surface area contributed by atoms with Crippen molar-refractivity contribution < 1.29 is 0 Å². The molecule has 1 radical (unpaired) electrons. The molecule has 0 amide bonds. The molecule has 0 fully saturated rings. The first-order valence-corrected chi connectivity index (χ1v) is 4.55. The maximum Gasteiger partial charge on any atom is 0.0342 e. The maximum absolute atomic E-state index is 2.21. The Morgan fingerprint density at radius 1 is 1.27 bits per heavy atom. The van der Waals surface area contributed by atoms with Gasteiger partial charge >= 0.3 is 0 Å². The van der Waals surface area contributed by atoms with E-state index < -0.39 is 0 Å². The normalized spacial score (nSPS) is 10.6. The van der Waals surface area contributed by atoms with E-state index in [9.17, 15) is 0 Å². The largest absolute Gasteiger partial charge is 0.144 e. The second-order valence-electron chi connectivity index (χ2n) is 2.51. The molecule has 0 aliphatic heterocycles. The fourth-order valence-electron chi connectivity index (χ4n) is 1.16. The van der Waals surface area contributed by atoms with Gasteiger partial charge in [-0.2, -0.15) is 0 Å². The molecule has 0 unspecified atom stereocenters. The molecule has 0 nitrogen and oxygen atoms in total. The second kappa shape index (κ2) is 2.67. The van der Waals surface area contributed by atoms with Gasteiger partial charge in [-0.15, -0.1) is 11.3 Å². The van der Waals surface area contributed by atoms with Crippen LogP contribution in [-0.4, -0.2) is 0 Å². The highest BCUT2D eigenvalue weighted by Gasteiger charge is 1.94. The summed E-state index contributed by atoms with van der Waals surface area (Å²) in [4.78, 5) is 0. The zero-order valence-electron chi connectivity index (χ0n) is 6.37. The van der Waals surface area contributed by atoms with Crippen molar-refractivity contribution in [2.24, 2.45) is 0 Å². The molecule has 1 heteroatoms. The van der Waals surface area contributed by atoms with Crippen LogP contribution in [0.3, 0.4) is 0 Å². The third-order valence-electron chi connectivity index (χ3n) is 1.81. The van der Waals surface area contributed by atoms with E-state index in [2.05, 4.69) is 43.0 Å². The summed E-state index contributed by atoms with van der Waals surface area (Å²) in [6, 6.07) is 8.70. The molecule has 1 aromatic heterocycles. The van der Waals surface area contributed by atoms with Crippen molar-refractivity contribution in [2.75, 3.05) is 0 Å². The van der Waals surface area contributed by atoms with Gasteiger partial charge in [-0.05, 0) is 34.9 Å². The maximum atomic E-state index is 2.21. The minimum Gasteiger partial charge on any atom is -0.144 e. The van der Waals surface area contributed by atoms with Crippen LogP contribution < -0.4 is 0 Å². The molecular formula is C10H9S. The van der Waals surface area contributed by atoms with Crippen molar-refractivity contribution >= 4 is 21.4 Å². The number of thiophene rings is 1. The number of rotatable bonds is 1. The molecule has 0 saturated carbocycles. The Labute approximate surface area is 70.5 Å². The van der Waals surface area contributed by atoms with Crippen molar-refractivity contribution in [3.63, 3.8) is 0 Å². The van der Waals surface area contributed by atoms with Crippen LogP contribution in [0.15, 0.2) is 29.6 Å². The molecule has 11 heavy (non-hydrogen) atoms. The number of hydrogen-bond acceptors (Lipinski definition) is 1. The van der Waals surface area contributed by atoms with Gasteiger partial charge in [-0.1, -0.05) is 19.1 Å². The van der Waals surface area contributed by atoms with Gasteiger partial charge in [0, 0.05) is 4.70 Å². The Morgan fingerprint density at radius 3 is 3.00 bits per heavy atom. The lowest BCUT2D eigenvalue weighted by Crippen LogP contribution is -1.73. The van der Waals surface area contributed by atoms with Crippen LogP contribution in [0.1, 0.15) is 12.5 Å². The molecule has 0 saturated heterocycles. The fourth-order valence-corrected chi connectivity index (χ4v) is 1.94. The highest BCUT2D eigenvalue weighted by Crippen LogP contribution is 2.21. The van der Waals surface area contributed by atoms with Crippen LogP contribution in [0.4, 0.5) is 0 Å². The van der Waals surface area contributed by atoms with E-state index in [0.29, 0.717) is 0 Å². The van der Waals surface area contributed by atoms with E-state index >= 15 is 0 Å². The zero-order valence-corrected chi connectivity index (χ0v) is 7.19. The third-order valence-corrected chi connectivity index (χ3v) is 2.71. The number of fused-ring (bicyclic) bond motifs is 1. The minimum atomic E-state index is 1.30. The predicted octanol–water partition coefficient (Wildman–Crippen LogP) is 3.47. The predicted molar refractivity (Wildman–Crippen MR) is 50.9 cm³/mol. The molecule has 0 spiro atoms. The summed E-state index contributed by atoms with van der Waals surface area (Å²) in [7, 11) is 0. The lowest BCUT2D eigenvalue weighted by molar-refractivity contribution is 1.45. The van der Waals surface area contributed by atoms with E-state index in [0.717, 1.165) is 0 Å².